The Hall–Kier alpha value is -3.39. The molecule has 5 rings (SSSR count). The zero-order valence-electron chi connectivity index (χ0n) is 21.6. The molecule has 0 radical (unpaired) electrons. The van der Waals surface area contributed by atoms with E-state index in [1.54, 1.807) is 9.47 Å². The van der Waals surface area contributed by atoms with E-state index in [4.69, 9.17) is 4.74 Å². The molecule has 3 aliphatic rings. The van der Waals surface area contributed by atoms with E-state index in [1.165, 1.54) is 18.3 Å². The molecule has 4 heterocycles. The molecule has 1 atom stereocenters. The standard InChI is InChI=1S/C25H31F3N6O5/c1-24(15-31-14-21(33(37)38)30-22(31)39-24)16-34(20-4-2-17(3-5-20)25(26,27)28)12-8-19(9-13-34)32(23(35)36)18-6-10-29-11-7-18/h2-5,14,18-19,29H,6-13,15-16H2,1H3/p+1/t19?,24-,34?/m0/s1. The van der Waals surface area contributed by atoms with Crippen LogP contribution in [0.2, 0.25) is 0 Å². The first-order chi connectivity index (χ1) is 18.4. The number of likely N-dealkylation sites (tertiary alicyclic amines) is 1. The lowest BCUT2D eigenvalue weighted by atomic mass is 9.93. The second-order valence-corrected chi connectivity index (χ2v) is 11.0. The third-order valence-electron chi connectivity index (χ3n) is 8.23. The first-order valence-electron chi connectivity index (χ1n) is 13.1. The van der Waals surface area contributed by atoms with Crippen LogP contribution in [-0.4, -0.2) is 81.0 Å². The quantitative estimate of drug-likeness (QED) is 0.316. The maximum atomic E-state index is 13.3. The van der Waals surface area contributed by atoms with E-state index in [-0.39, 0.29) is 23.9 Å². The lowest BCUT2D eigenvalue weighted by molar-refractivity contribution is -0.389. The fraction of sp³-hybridized carbons (Fsp3) is 0.600. The summed E-state index contributed by atoms with van der Waals surface area (Å²) in [6.07, 6.45) is -1.51. The molecule has 1 amide bonds. The van der Waals surface area contributed by atoms with Crippen molar-refractivity contribution >= 4 is 17.6 Å². The van der Waals surface area contributed by atoms with Crippen LogP contribution in [0.25, 0.3) is 0 Å². The van der Waals surface area contributed by atoms with Crippen molar-refractivity contribution in [3.05, 3.63) is 46.1 Å². The number of nitrogens with zero attached hydrogens (tertiary/aromatic N) is 5. The van der Waals surface area contributed by atoms with Gasteiger partial charge in [0.15, 0.2) is 5.60 Å². The van der Waals surface area contributed by atoms with Crippen LogP contribution in [0.15, 0.2) is 30.5 Å². The number of halogens is 3. The number of fused-ring (bicyclic) bond motifs is 1. The highest BCUT2D eigenvalue weighted by atomic mass is 19.4. The van der Waals surface area contributed by atoms with Crippen LogP contribution in [0.1, 0.15) is 38.2 Å². The van der Waals surface area contributed by atoms with Crippen molar-refractivity contribution in [2.75, 3.05) is 32.7 Å². The van der Waals surface area contributed by atoms with E-state index in [0.29, 0.717) is 49.2 Å². The van der Waals surface area contributed by atoms with E-state index in [2.05, 4.69) is 10.3 Å². The molecule has 0 aliphatic carbocycles. The Balaban J connectivity index is 1.40. The van der Waals surface area contributed by atoms with Crippen molar-refractivity contribution in [2.24, 2.45) is 0 Å². The predicted molar refractivity (Wildman–Crippen MR) is 135 cm³/mol. The van der Waals surface area contributed by atoms with Gasteiger partial charge in [0.1, 0.15) is 18.4 Å². The molecule has 14 heteroatoms. The summed E-state index contributed by atoms with van der Waals surface area (Å²) in [5.74, 6) is -0.314. The van der Waals surface area contributed by atoms with Crippen molar-refractivity contribution in [2.45, 2.75) is 63.0 Å². The van der Waals surface area contributed by atoms with Gasteiger partial charge in [-0.2, -0.15) is 13.2 Å². The van der Waals surface area contributed by atoms with Crippen LogP contribution >= 0.6 is 0 Å². The molecule has 212 valence electrons. The Morgan fingerprint density at radius 3 is 2.38 bits per heavy atom. The third-order valence-corrected chi connectivity index (χ3v) is 8.23. The van der Waals surface area contributed by atoms with Crippen LogP contribution in [0.5, 0.6) is 6.01 Å². The highest BCUT2D eigenvalue weighted by Crippen LogP contribution is 2.39. The normalized spacial score (nSPS) is 27.5. The molecule has 0 bridgehead atoms. The van der Waals surface area contributed by atoms with Crippen molar-refractivity contribution in [1.82, 2.24) is 24.3 Å². The molecule has 1 aromatic heterocycles. The number of carboxylic acid groups (broad SMARTS) is 1. The lowest BCUT2D eigenvalue weighted by Crippen LogP contribution is -2.64. The van der Waals surface area contributed by atoms with Crippen molar-refractivity contribution in [3.63, 3.8) is 0 Å². The number of alkyl halides is 3. The molecular weight excluding hydrogens is 521 g/mol. The van der Waals surface area contributed by atoms with E-state index < -0.39 is 28.4 Å². The van der Waals surface area contributed by atoms with E-state index in [0.717, 1.165) is 38.1 Å². The largest absolute Gasteiger partial charge is 0.465 e. The summed E-state index contributed by atoms with van der Waals surface area (Å²) in [7, 11) is 0. The molecule has 2 N–H and O–H groups in total. The number of quaternary nitrogens is 1. The number of aromatic nitrogens is 2. The zero-order chi connectivity index (χ0) is 28.0. The molecule has 0 unspecified atom stereocenters. The van der Waals surface area contributed by atoms with E-state index in [9.17, 15) is 33.2 Å². The van der Waals surface area contributed by atoms with Gasteiger partial charge in [0.2, 0.25) is 0 Å². The number of rotatable bonds is 6. The topological polar surface area (TPSA) is 123 Å². The van der Waals surface area contributed by atoms with Crippen molar-refractivity contribution in [1.29, 1.82) is 0 Å². The summed E-state index contributed by atoms with van der Waals surface area (Å²) in [6.45, 7) is 5.07. The van der Waals surface area contributed by atoms with Crippen LogP contribution in [-0.2, 0) is 12.7 Å². The number of piperidine rings is 2. The molecule has 0 spiro atoms. The second-order valence-electron chi connectivity index (χ2n) is 11.0. The van der Waals surface area contributed by atoms with Crippen LogP contribution < -0.4 is 14.5 Å². The SMILES string of the molecule is C[C@@]1(C[N+]2(c3ccc(C(F)(F)F)cc3)CCC(N(C(=O)O)C3CCNCC3)CC2)Cn2cc([N+](=O)[O-])nc2O1. The Morgan fingerprint density at radius 2 is 1.85 bits per heavy atom. The highest BCUT2D eigenvalue weighted by Gasteiger charge is 2.50. The lowest BCUT2D eigenvalue weighted by Gasteiger charge is -2.49. The zero-order valence-corrected chi connectivity index (χ0v) is 21.6. The van der Waals surface area contributed by atoms with Gasteiger partial charge in [-0.05, 0) is 62.0 Å². The smallest absolute Gasteiger partial charge is 0.416 e. The number of amides is 1. The Morgan fingerprint density at radius 1 is 1.23 bits per heavy atom. The number of nitro groups is 1. The van der Waals surface area contributed by atoms with Crippen LogP contribution in [0.3, 0.4) is 0 Å². The Bertz CT molecular complexity index is 1200. The van der Waals surface area contributed by atoms with E-state index in [1.807, 2.05) is 6.92 Å². The Kier molecular flexibility index (Phi) is 6.95. The number of benzene rings is 1. The maximum Gasteiger partial charge on any atom is 0.416 e. The summed E-state index contributed by atoms with van der Waals surface area (Å²) >= 11 is 0. The fourth-order valence-corrected chi connectivity index (χ4v) is 6.50. The fourth-order valence-electron chi connectivity index (χ4n) is 6.50. The summed E-state index contributed by atoms with van der Waals surface area (Å²) in [5.41, 5.74) is -0.877. The molecule has 2 fully saturated rings. The molecule has 11 nitrogen and oxygen atoms in total. The average Bonchev–Trinajstić information content (AvgIpc) is 3.40. The van der Waals surface area contributed by atoms with Gasteiger partial charge in [0.25, 0.3) is 0 Å². The summed E-state index contributed by atoms with van der Waals surface area (Å²) < 4.78 is 47.9. The molecule has 1 aromatic carbocycles. The minimum Gasteiger partial charge on any atom is -0.465 e. The van der Waals surface area contributed by atoms with Crippen LogP contribution in [0, 0.1) is 10.1 Å². The number of hydrogen-bond donors (Lipinski definition) is 2. The number of hydrogen-bond acceptors (Lipinski definition) is 6. The maximum absolute atomic E-state index is 13.3. The minimum atomic E-state index is -4.46. The number of ether oxygens (including phenoxy) is 1. The summed E-state index contributed by atoms with van der Waals surface area (Å²) in [6, 6.07) is 5.01. The van der Waals surface area contributed by atoms with Crippen molar-refractivity contribution < 1.29 is 32.7 Å². The average molecular weight is 554 g/mol. The predicted octanol–water partition coefficient (Wildman–Crippen LogP) is 3.86. The minimum absolute atomic E-state index is 0.0664. The monoisotopic (exact) mass is 553 g/mol. The molecule has 0 saturated carbocycles. The summed E-state index contributed by atoms with van der Waals surface area (Å²) in [5, 5.41) is 24.4. The van der Waals surface area contributed by atoms with Gasteiger partial charge < -0.3 is 30.2 Å². The van der Waals surface area contributed by atoms with Gasteiger partial charge in [-0.1, -0.05) is 0 Å². The first-order valence-corrected chi connectivity index (χ1v) is 13.1. The van der Waals surface area contributed by atoms with E-state index >= 15 is 0 Å². The van der Waals surface area contributed by atoms with Crippen molar-refractivity contribution in [3.8, 4) is 6.01 Å². The number of imidazole rings is 1. The first kappa shape index (κ1) is 27.2. The number of nitrogens with one attached hydrogen (secondary N) is 1. The third kappa shape index (κ3) is 5.39. The highest BCUT2D eigenvalue weighted by molar-refractivity contribution is 5.66. The summed E-state index contributed by atoms with van der Waals surface area (Å²) in [4.78, 5) is 28.3. The van der Waals surface area contributed by atoms with Crippen LogP contribution in [0.4, 0.5) is 29.5 Å². The molecular formula is C25H32F3N6O5+. The second kappa shape index (κ2) is 9.97. The molecule has 39 heavy (non-hydrogen) atoms. The van der Waals surface area contributed by atoms with Gasteiger partial charge in [-0.3, -0.25) is 9.05 Å². The molecule has 2 aromatic rings. The molecule has 2 saturated heterocycles. The van der Waals surface area contributed by atoms with Gasteiger partial charge in [0.05, 0.1) is 25.2 Å². The van der Waals surface area contributed by atoms with Gasteiger partial charge in [-0.15, -0.1) is 0 Å². The van der Waals surface area contributed by atoms with Gasteiger partial charge in [-0.25, -0.2) is 4.79 Å². The number of carbonyl (C=O) groups is 1. The molecule has 3 aliphatic heterocycles. The van der Waals surface area contributed by atoms with Gasteiger partial charge >= 0.3 is 24.1 Å². The van der Waals surface area contributed by atoms with Gasteiger partial charge in [0, 0.05) is 29.9 Å². The Labute approximate surface area is 222 Å².